The largest absolute Gasteiger partial charge is 0.469 e. The van der Waals surface area contributed by atoms with Crippen molar-refractivity contribution in [2.24, 2.45) is 5.92 Å². The van der Waals surface area contributed by atoms with E-state index in [4.69, 9.17) is 9.47 Å². The molecule has 0 spiro atoms. The molecule has 1 atom stereocenters. The number of ether oxygens (including phenoxy) is 2. The Morgan fingerprint density at radius 3 is 1.48 bits per heavy atom. The van der Waals surface area contributed by atoms with Gasteiger partial charge in [0.05, 0.1) is 19.6 Å². The molecule has 138 valence electrons. The van der Waals surface area contributed by atoms with Crippen LogP contribution in [0, 0.1) is 5.92 Å². The first-order chi connectivity index (χ1) is 13.2. The molecule has 0 fully saturated rings. The van der Waals surface area contributed by atoms with E-state index in [1.807, 2.05) is 61.5 Å². The summed E-state index contributed by atoms with van der Waals surface area (Å²) in [7, 11) is 1.40. The van der Waals surface area contributed by atoms with Crippen molar-refractivity contribution in [1.29, 1.82) is 0 Å². The van der Waals surface area contributed by atoms with Gasteiger partial charge < -0.3 is 9.47 Å². The third kappa shape index (κ3) is 3.93. The third-order valence-corrected chi connectivity index (χ3v) is 4.69. The van der Waals surface area contributed by atoms with E-state index in [1.165, 1.54) is 7.11 Å². The van der Waals surface area contributed by atoms with Crippen molar-refractivity contribution in [2.75, 3.05) is 13.7 Å². The van der Waals surface area contributed by atoms with Crippen LogP contribution in [0.5, 0.6) is 0 Å². The molecule has 3 rings (SSSR count). The van der Waals surface area contributed by atoms with E-state index >= 15 is 0 Å². The van der Waals surface area contributed by atoms with Crippen molar-refractivity contribution in [2.45, 2.75) is 12.5 Å². The van der Waals surface area contributed by atoms with Crippen LogP contribution < -0.4 is 0 Å². The van der Waals surface area contributed by atoms with E-state index in [2.05, 4.69) is 36.4 Å². The third-order valence-electron chi connectivity index (χ3n) is 4.69. The fraction of sp³-hybridized carbons (Fsp3) is 0.208. The lowest BCUT2D eigenvalue weighted by Crippen LogP contribution is -2.35. The maximum Gasteiger partial charge on any atom is 0.310 e. The Labute approximate surface area is 160 Å². The molecule has 0 heterocycles. The summed E-state index contributed by atoms with van der Waals surface area (Å²) in [6.07, 6.45) is 0. The number of carbonyl (C=O) groups is 1. The molecule has 3 aromatic carbocycles. The van der Waals surface area contributed by atoms with Gasteiger partial charge >= 0.3 is 5.97 Å². The van der Waals surface area contributed by atoms with Gasteiger partial charge in [0.15, 0.2) is 0 Å². The van der Waals surface area contributed by atoms with Crippen LogP contribution in [0.25, 0.3) is 0 Å². The van der Waals surface area contributed by atoms with Gasteiger partial charge in [-0.1, -0.05) is 91.0 Å². The summed E-state index contributed by atoms with van der Waals surface area (Å²) in [5.41, 5.74) is 2.23. The summed E-state index contributed by atoms with van der Waals surface area (Å²) in [4.78, 5) is 11.9. The summed E-state index contributed by atoms with van der Waals surface area (Å²) in [6, 6.07) is 30.3. The zero-order valence-electron chi connectivity index (χ0n) is 15.7. The van der Waals surface area contributed by atoms with Gasteiger partial charge in [-0.15, -0.1) is 0 Å². The molecule has 0 aliphatic rings. The molecule has 0 saturated heterocycles. The molecule has 3 nitrogen and oxygen atoms in total. The maximum absolute atomic E-state index is 11.9. The van der Waals surface area contributed by atoms with Crippen LogP contribution in [-0.4, -0.2) is 19.7 Å². The van der Waals surface area contributed by atoms with Gasteiger partial charge in [-0.3, -0.25) is 4.79 Å². The SMILES string of the molecule is COC(=O)[C@@H](C)COC(c1ccccc1)(c1ccccc1)c1ccccc1. The number of rotatable bonds is 7. The lowest BCUT2D eigenvalue weighted by molar-refractivity contribution is -0.148. The van der Waals surface area contributed by atoms with Crippen LogP contribution >= 0.6 is 0 Å². The highest BCUT2D eigenvalue weighted by Crippen LogP contribution is 2.40. The van der Waals surface area contributed by atoms with Gasteiger partial charge in [0.2, 0.25) is 0 Å². The Morgan fingerprint density at radius 1 is 0.778 bits per heavy atom. The molecule has 3 aromatic rings. The topological polar surface area (TPSA) is 35.5 Å². The van der Waals surface area contributed by atoms with Crippen molar-refractivity contribution in [1.82, 2.24) is 0 Å². The fourth-order valence-electron chi connectivity index (χ4n) is 3.29. The van der Waals surface area contributed by atoms with Crippen LogP contribution in [0.15, 0.2) is 91.0 Å². The Morgan fingerprint density at radius 2 is 1.15 bits per heavy atom. The lowest BCUT2D eigenvalue weighted by Gasteiger charge is -2.36. The van der Waals surface area contributed by atoms with Crippen molar-refractivity contribution >= 4 is 5.97 Å². The lowest BCUT2D eigenvalue weighted by atomic mass is 9.80. The van der Waals surface area contributed by atoms with Crippen LogP contribution in [0.4, 0.5) is 0 Å². The highest BCUT2D eigenvalue weighted by atomic mass is 16.5. The van der Waals surface area contributed by atoms with E-state index in [-0.39, 0.29) is 18.5 Å². The maximum atomic E-state index is 11.9. The second kappa shape index (κ2) is 8.65. The second-order valence-electron chi connectivity index (χ2n) is 6.51. The Kier molecular flexibility index (Phi) is 6.05. The molecule has 0 N–H and O–H groups in total. The number of hydrogen-bond acceptors (Lipinski definition) is 3. The van der Waals surface area contributed by atoms with Gasteiger partial charge in [-0.05, 0) is 23.6 Å². The number of hydrogen-bond donors (Lipinski definition) is 0. The second-order valence-corrected chi connectivity index (χ2v) is 6.51. The van der Waals surface area contributed by atoms with Gasteiger partial charge in [0, 0.05) is 0 Å². The van der Waals surface area contributed by atoms with Gasteiger partial charge in [-0.2, -0.15) is 0 Å². The average Bonchev–Trinajstić information content (AvgIpc) is 2.75. The minimum Gasteiger partial charge on any atom is -0.469 e. The highest BCUT2D eigenvalue weighted by Gasteiger charge is 2.38. The molecular formula is C24H24O3. The Bertz CT molecular complexity index is 748. The Balaban J connectivity index is 2.15. The molecule has 3 heteroatoms. The highest BCUT2D eigenvalue weighted by molar-refractivity contribution is 5.71. The minimum absolute atomic E-state index is 0.241. The number of esters is 1. The monoisotopic (exact) mass is 360 g/mol. The van der Waals surface area contributed by atoms with E-state index < -0.39 is 5.60 Å². The van der Waals surface area contributed by atoms with Crippen molar-refractivity contribution in [3.8, 4) is 0 Å². The molecule has 0 radical (unpaired) electrons. The number of methoxy groups -OCH3 is 1. The zero-order valence-corrected chi connectivity index (χ0v) is 15.7. The standard InChI is InChI=1S/C24H24O3/c1-19(23(25)26-2)18-27-24(20-12-6-3-7-13-20,21-14-8-4-9-15-21)22-16-10-5-11-17-22/h3-17,19H,18H2,1-2H3/t19-/m0/s1. The first-order valence-electron chi connectivity index (χ1n) is 9.07. The zero-order chi connectivity index (χ0) is 19.1. The summed E-state index contributed by atoms with van der Waals surface area (Å²) in [5.74, 6) is -0.649. The summed E-state index contributed by atoms with van der Waals surface area (Å²) in [5, 5.41) is 0. The molecule has 27 heavy (non-hydrogen) atoms. The molecule has 0 unspecified atom stereocenters. The van der Waals surface area contributed by atoms with Gasteiger partial charge in [0.1, 0.15) is 5.60 Å². The van der Waals surface area contributed by atoms with E-state index in [0.29, 0.717) is 0 Å². The fourth-order valence-corrected chi connectivity index (χ4v) is 3.29. The molecule has 0 aliphatic heterocycles. The van der Waals surface area contributed by atoms with Crippen molar-refractivity contribution in [3.63, 3.8) is 0 Å². The normalized spacial score (nSPS) is 12.4. The van der Waals surface area contributed by atoms with Crippen LogP contribution in [0.1, 0.15) is 23.6 Å². The van der Waals surface area contributed by atoms with E-state index in [0.717, 1.165) is 16.7 Å². The minimum atomic E-state index is -0.813. The summed E-state index contributed by atoms with van der Waals surface area (Å²) in [6.45, 7) is 2.06. The van der Waals surface area contributed by atoms with Crippen molar-refractivity contribution in [3.05, 3.63) is 108 Å². The molecule has 0 saturated carbocycles. The number of benzene rings is 3. The van der Waals surface area contributed by atoms with Gasteiger partial charge in [-0.25, -0.2) is 0 Å². The summed E-state index contributed by atoms with van der Waals surface area (Å²) < 4.78 is 11.4. The van der Waals surface area contributed by atoms with Crippen LogP contribution in [0.3, 0.4) is 0 Å². The van der Waals surface area contributed by atoms with E-state index in [9.17, 15) is 4.79 Å². The Hall–Kier alpha value is -2.91. The van der Waals surface area contributed by atoms with Gasteiger partial charge in [0.25, 0.3) is 0 Å². The predicted molar refractivity (Wildman–Crippen MR) is 106 cm³/mol. The first kappa shape index (κ1) is 18.9. The van der Waals surface area contributed by atoms with Crippen molar-refractivity contribution < 1.29 is 14.3 Å². The molecule has 0 aliphatic carbocycles. The summed E-state index contributed by atoms with van der Waals surface area (Å²) >= 11 is 0. The smallest absolute Gasteiger partial charge is 0.310 e. The average molecular weight is 360 g/mol. The molecule has 0 amide bonds. The number of carbonyl (C=O) groups excluding carboxylic acids is 1. The van der Waals surface area contributed by atoms with Crippen LogP contribution in [-0.2, 0) is 19.9 Å². The van der Waals surface area contributed by atoms with Crippen LogP contribution in [0.2, 0.25) is 0 Å². The molecular weight excluding hydrogens is 336 g/mol. The predicted octanol–water partition coefficient (Wildman–Crippen LogP) is 4.80. The molecule has 0 bridgehead atoms. The van der Waals surface area contributed by atoms with E-state index in [1.54, 1.807) is 0 Å². The first-order valence-corrected chi connectivity index (χ1v) is 9.07. The quantitative estimate of drug-likeness (QED) is 0.448. The molecule has 0 aromatic heterocycles.